The molecule has 0 aliphatic rings. The zero-order valence-electron chi connectivity index (χ0n) is 16.1. The quantitative estimate of drug-likeness (QED) is 0.451. The zero-order valence-corrected chi connectivity index (χ0v) is 18.4. The van der Waals surface area contributed by atoms with Crippen LogP contribution >= 0.6 is 23.2 Å². The smallest absolute Gasteiger partial charge is 0.348 e. The van der Waals surface area contributed by atoms with Crippen LogP contribution in [0.4, 0.5) is 18.9 Å². The molecule has 168 valence electrons. The Balaban J connectivity index is 1.80. The number of carbonyl (C=O) groups excluding carboxylic acids is 1. The lowest BCUT2D eigenvalue weighted by Gasteiger charge is -2.13. The van der Waals surface area contributed by atoms with E-state index >= 15 is 0 Å². The van der Waals surface area contributed by atoms with E-state index < -0.39 is 33.4 Å². The Bertz CT molecular complexity index is 1270. The number of hydrogen-bond acceptors (Lipinski definition) is 3. The van der Waals surface area contributed by atoms with Gasteiger partial charge in [0, 0.05) is 17.1 Å². The van der Waals surface area contributed by atoms with Crippen molar-refractivity contribution in [3.05, 3.63) is 93.5 Å². The van der Waals surface area contributed by atoms with E-state index in [0.717, 1.165) is 23.8 Å². The van der Waals surface area contributed by atoms with E-state index in [9.17, 15) is 26.4 Å². The summed E-state index contributed by atoms with van der Waals surface area (Å²) in [5.74, 6) is -0.542. The molecule has 0 radical (unpaired) electrons. The molecule has 0 atom stereocenters. The molecule has 11 heteroatoms. The van der Waals surface area contributed by atoms with Crippen molar-refractivity contribution in [3.63, 3.8) is 0 Å². The molecule has 2 N–H and O–H groups in total. The van der Waals surface area contributed by atoms with Gasteiger partial charge in [0.2, 0.25) is 0 Å². The van der Waals surface area contributed by atoms with Crippen molar-refractivity contribution in [2.45, 2.75) is 17.6 Å². The largest absolute Gasteiger partial charge is 0.416 e. The minimum Gasteiger partial charge on any atom is -0.348 e. The maximum Gasteiger partial charge on any atom is 0.416 e. The number of carbonyl (C=O) groups is 1. The second-order valence-corrected chi connectivity index (χ2v) is 9.16. The Morgan fingerprint density at radius 3 is 2.34 bits per heavy atom. The third-order valence-corrected chi connectivity index (χ3v) is 6.21. The van der Waals surface area contributed by atoms with E-state index in [2.05, 4.69) is 5.32 Å². The van der Waals surface area contributed by atoms with Crippen LogP contribution in [0.25, 0.3) is 0 Å². The summed E-state index contributed by atoms with van der Waals surface area (Å²) in [7, 11) is -4.33. The molecule has 0 aliphatic heterocycles. The second-order valence-electron chi connectivity index (χ2n) is 6.64. The van der Waals surface area contributed by atoms with E-state index in [1.54, 1.807) is 24.3 Å². The Morgan fingerprint density at radius 2 is 1.66 bits per heavy atom. The number of alkyl halides is 3. The summed E-state index contributed by atoms with van der Waals surface area (Å²) >= 11 is 11.8. The molecule has 0 unspecified atom stereocenters. The fraction of sp³-hybridized carbons (Fsp3) is 0.0952. The first-order valence-electron chi connectivity index (χ1n) is 8.98. The molecule has 1 amide bonds. The monoisotopic (exact) mass is 502 g/mol. The van der Waals surface area contributed by atoms with Crippen LogP contribution in [0, 0.1) is 0 Å². The minimum atomic E-state index is -4.67. The molecule has 0 aromatic heterocycles. The van der Waals surface area contributed by atoms with Gasteiger partial charge in [0.25, 0.3) is 15.9 Å². The molecule has 3 aromatic rings. The van der Waals surface area contributed by atoms with Crippen LogP contribution < -0.4 is 10.0 Å². The predicted octanol–water partition coefficient (Wildman–Crippen LogP) is 5.74. The fourth-order valence-corrected chi connectivity index (χ4v) is 4.27. The molecule has 5 nitrogen and oxygen atoms in total. The van der Waals surface area contributed by atoms with Crippen LogP contribution in [0.5, 0.6) is 0 Å². The molecule has 3 aromatic carbocycles. The van der Waals surface area contributed by atoms with E-state index in [4.69, 9.17) is 23.2 Å². The normalized spacial score (nSPS) is 11.8. The van der Waals surface area contributed by atoms with Crippen LogP contribution in [-0.2, 0) is 22.7 Å². The molecular formula is C21H15Cl2F3N2O3S. The van der Waals surface area contributed by atoms with Crippen molar-refractivity contribution in [1.82, 2.24) is 5.32 Å². The average Bonchev–Trinajstić information content (AvgIpc) is 2.73. The molecule has 0 saturated heterocycles. The van der Waals surface area contributed by atoms with E-state index in [-0.39, 0.29) is 22.0 Å². The van der Waals surface area contributed by atoms with Crippen LogP contribution in [0.15, 0.2) is 71.6 Å². The van der Waals surface area contributed by atoms with Crippen LogP contribution in [0.2, 0.25) is 10.0 Å². The maximum atomic E-state index is 12.9. The first-order chi connectivity index (χ1) is 15.0. The Hall–Kier alpha value is -2.75. The molecule has 0 heterocycles. The Kier molecular flexibility index (Phi) is 7.02. The average molecular weight is 503 g/mol. The highest BCUT2D eigenvalue weighted by molar-refractivity contribution is 7.92. The first kappa shape index (κ1) is 23.9. The molecule has 0 bridgehead atoms. The third-order valence-electron chi connectivity index (χ3n) is 4.29. The molecule has 0 saturated carbocycles. The zero-order chi connectivity index (χ0) is 23.5. The summed E-state index contributed by atoms with van der Waals surface area (Å²) in [4.78, 5) is 12.1. The number of amides is 1. The highest BCUT2D eigenvalue weighted by Crippen LogP contribution is 2.34. The number of nitrogens with one attached hydrogen (secondary N) is 2. The number of anilines is 1. The second kappa shape index (κ2) is 9.40. The molecule has 3 rings (SSSR count). The standard InChI is InChI=1S/C21H15Cl2F3N2O3S/c22-16-5-1-3-13(9-16)12-27-20(29)14-4-2-6-17(10-14)32(30,31)28-19-11-15(21(24,25)26)7-8-18(19)23/h1-11,28H,12H2,(H,27,29). The van der Waals surface area contributed by atoms with Crippen molar-refractivity contribution < 1.29 is 26.4 Å². The van der Waals surface area contributed by atoms with Gasteiger partial charge < -0.3 is 5.32 Å². The summed E-state index contributed by atoms with van der Waals surface area (Å²) in [5.41, 5.74) is -0.702. The third kappa shape index (κ3) is 5.93. The predicted molar refractivity (Wildman–Crippen MR) is 116 cm³/mol. The van der Waals surface area contributed by atoms with Crippen molar-refractivity contribution in [2.75, 3.05) is 4.72 Å². The first-order valence-corrected chi connectivity index (χ1v) is 11.2. The van der Waals surface area contributed by atoms with Gasteiger partial charge in [-0.2, -0.15) is 13.2 Å². The van der Waals surface area contributed by atoms with Gasteiger partial charge >= 0.3 is 6.18 Å². The summed E-state index contributed by atoms with van der Waals surface area (Å²) in [6, 6.07) is 14.2. The lowest BCUT2D eigenvalue weighted by atomic mass is 10.2. The van der Waals surface area contributed by atoms with Gasteiger partial charge in [0.15, 0.2) is 0 Å². The molecule has 0 aliphatic carbocycles. The highest BCUT2D eigenvalue weighted by atomic mass is 35.5. The fourth-order valence-electron chi connectivity index (χ4n) is 2.72. The van der Waals surface area contributed by atoms with Crippen molar-refractivity contribution in [2.24, 2.45) is 0 Å². The lowest BCUT2D eigenvalue weighted by molar-refractivity contribution is -0.137. The van der Waals surface area contributed by atoms with Crippen molar-refractivity contribution in [1.29, 1.82) is 0 Å². The lowest BCUT2D eigenvalue weighted by Crippen LogP contribution is -2.23. The SMILES string of the molecule is O=C(NCc1cccc(Cl)c1)c1cccc(S(=O)(=O)Nc2cc(C(F)(F)F)ccc2Cl)c1. The summed E-state index contributed by atoms with van der Waals surface area (Å²) in [6.45, 7) is 0.161. The molecule has 0 spiro atoms. The van der Waals surface area contributed by atoms with E-state index in [0.29, 0.717) is 11.1 Å². The van der Waals surface area contributed by atoms with Gasteiger partial charge in [-0.05, 0) is 54.1 Å². The van der Waals surface area contributed by atoms with Gasteiger partial charge in [-0.15, -0.1) is 0 Å². The molecular weight excluding hydrogens is 488 g/mol. The van der Waals surface area contributed by atoms with Crippen molar-refractivity contribution >= 4 is 44.8 Å². The van der Waals surface area contributed by atoms with Gasteiger partial charge in [0.1, 0.15) is 0 Å². The van der Waals surface area contributed by atoms with E-state index in [1.165, 1.54) is 18.2 Å². The Labute approximate surface area is 192 Å². The van der Waals surface area contributed by atoms with Crippen LogP contribution in [0.3, 0.4) is 0 Å². The number of hydrogen-bond donors (Lipinski definition) is 2. The summed E-state index contributed by atoms with van der Waals surface area (Å²) in [5, 5.41) is 2.94. The van der Waals surface area contributed by atoms with Gasteiger partial charge in [-0.25, -0.2) is 8.42 Å². The molecule has 0 fully saturated rings. The minimum absolute atomic E-state index is 0.0463. The summed E-state index contributed by atoms with van der Waals surface area (Å²) in [6.07, 6.45) is -4.67. The number of benzene rings is 3. The number of halogens is 5. The molecule has 32 heavy (non-hydrogen) atoms. The topological polar surface area (TPSA) is 75.3 Å². The van der Waals surface area contributed by atoms with Gasteiger partial charge in [-0.1, -0.05) is 41.4 Å². The number of rotatable bonds is 6. The summed E-state index contributed by atoms with van der Waals surface area (Å²) < 4.78 is 66.3. The van der Waals surface area contributed by atoms with Crippen molar-refractivity contribution in [3.8, 4) is 0 Å². The van der Waals surface area contributed by atoms with Gasteiger partial charge in [0.05, 0.1) is 21.2 Å². The Morgan fingerprint density at radius 1 is 0.938 bits per heavy atom. The highest BCUT2D eigenvalue weighted by Gasteiger charge is 2.31. The van der Waals surface area contributed by atoms with E-state index in [1.807, 2.05) is 4.72 Å². The number of sulfonamides is 1. The van der Waals surface area contributed by atoms with Gasteiger partial charge in [-0.3, -0.25) is 9.52 Å². The van der Waals surface area contributed by atoms with Crippen LogP contribution in [0.1, 0.15) is 21.5 Å². The van der Waals surface area contributed by atoms with Crippen LogP contribution in [-0.4, -0.2) is 14.3 Å². The maximum absolute atomic E-state index is 12.9.